The average Bonchev–Trinajstić information content (AvgIpc) is 3.62. The molecule has 1 amide bonds. The molecule has 3 aromatic heterocycles. The molecule has 5 heterocycles. The summed E-state index contributed by atoms with van der Waals surface area (Å²) in [5.74, 6) is 1.68. The van der Waals surface area contributed by atoms with E-state index in [0.717, 1.165) is 42.1 Å². The lowest BCUT2D eigenvalue weighted by Gasteiger charge is -2.41. The number of aromatic nitrogens is 4. The predicted molar refractivity (Wildman–Crippen MR) is 149 cm³/mol. The number of pyridine rings is 1. The first-order valence-electron chi connectivity index (χ1n) is 13.0. The molecule has 2 aliphatic heterocycles. The molecular formula is C29H32N8O. The van der Waals surface area contributed by atoms with Crippen LogP contribution in [0.3, 0.4) is 0 Å². The number of hydrogen-bond acceptors (Lipinski definition) is 7. The van der Waals surface area contributed by atoms with Crippen LogP contribution in [0, 0.1) is 0 Å². The molecule has 2 saturated heterocycles. The zero-order valence-corrected chi connectivity index (χ0v) is 21.7. The molecule has 4 aromatic rings. The Labute approximate surface area is 222 Å². The van der Waals surface area contributed by atoms with Crippen molar-refractivity contribution in [2.45, 2.75) is 44.4 Å². The van der Waals surface area contributed by atoms with Gasteiger partial charge >= 0.3 is 0 Å². The Morgan fingerprint density at radius 2 is 2.00 bits per heavy atom. The number of amides is 1. The number of rotatable bonds is 7. The van der Waals surface area contributed by atoms with E-state index in [9.17, 15) is 4.79 Å². The van der Waals surface area contributed by atoms with Gasteiger partial charge in [-0.25, -0.2) is 15.0 Å². The number of piperazine rings is 1. The van der Waals surface area contributed by atoms with Crippen LogP contribution < -0.4 is 11.1 Å². The first-order chi connectivity index (χ1) is 18.5. The number of likely N-dealkylation sites (tertiary alicyclic amines) is 2. The summed E-state index contributed by atoms with van der Waals surface area (Å²) in [6.07, 6.45) is 8.42. The third kappa shape index (κ3) is 4.04. The summed E-state index contributed by atoms with van der Waals surface area (Å²) < 4.78 is 2.10. The molecule has 9 nitrogen and oxygen atoms in total. The molecule has 0 spiro atoms. The average molecular weight is 509 g/mol. The van der Waals surface area contributed by atoms with Crippen molar-refractivity contribution in [2.75, 3.05) is 24.1 Å². The Balaban J connectivity index is 1.38. The molecule has 0 saturated carbocycles. The maximum absolute atomic E-state index is 12.7. The summed E-state index contributed by atoms with van der Waals surface area (Å²) in [5.41, 5.74) is 9.39. The van der Waals surface area contributed by atoms with Crippen LogP contribution in [0.25, 0.3) is 16.8 Å². The van der Waals surface area contributed by atoms with E-state index < -0.39 is 0 Å². The van der Waals surface area contributed by atoms with E-state index >= 15 is 0 Å². The molecule has 2 aliphatic rings. The largest absolute Gasteiger partial charge is 0.382 e. The minimum Gasteiger partial charge on any atom is -0.382 e. The normalized spacial score (nSPS) is 21.4. The molecule has 9 heteroatoms. The predicted octanol–water partition coefficient (Wildman–Crippen LogP) is 4.02. The van der Waals surface area contributed by atoms with Crippen LogP contribution in [0.1, 0.15) is 42.5 Å². The Morgan fingerprint density at radius 3 is 2.71 bits per heavy atom. The number of carbonyl (C=O) groups excluding carboxylic acids is 1. The van der Waals surface area contributed by atoms with E-state index in [-0.39, 0.29) is 11.9 Å². The van der Waals surface area contributed by atoms with Gasteiger partial charge in [-0.3, -0.25) is 19.0 Å². The van der Waals surface area contributed by atoms with Crippen LogP contribution in [0.2, 0.25) is 0 Å². The maximum Gasteiger partial charge on any atom is 0.256 e. The van der Waals surface area contributed by atoms with E-state index in [1.54, 1.807) is 30.6 Å². The number of carbonyl (C=O) groups is 1. The lowest BCUT2D eigenvalue weighted by molar-refractivity contribution is 0.0552. The van der Waals surface area contributed by atoms with Crippen molar-refractivity contribution in [3.05, 3.63) is 85.1 Å². The zero-order chi connectivity index (χ0) is 26.4. The van der Waals surface area contributed by atoms with E-state index in [0.29, 0.717) is 35.3 Å². The number of fused-ring (bicyclic) bond motifs is 3. The SMILES string of the molecule is C=CCN1C2C[C@@H](C1c1nc(-c3ccc(C(=O)Nc4ccccn4)cc3)c3c(N)nccn13)N(C(C)C)C2. The highest BCUT2D eigenvalue weighted by atomic mass is 16.1. The van der Waals surface area contributed by atoms with Gasteiger partial charge in [0.15, 0.2) is 0 Å². The minimum atomic E-state index is -0.220. The highest BCUT2D eigenvalue weighted by Crippen LogP contribution is 2.46. The number of anilines is 2. The molecule has 0 radical (unpaired) electrons. The van der Waals surface area contributed by atoms with Gasteiger partial charge in [-0.05, 0) is 44.5 Å². The molecule has 38 heavy (non-hydrogen) atoms. The molecule has 1 aromatic carbocycles. The van der Waals surface area contributed by atoms with Crippen LogP contribution >= 0.6 is 0 Å². The smallest absolute Gasteiger partial charge is 0.256 e. The Bertz CT molecular complexity index is 1480. The van der Waals surface area contributed by atoms with Gasteiger partial charge in [-0.2, -0.15) is 0 Å². The lowest BCUT2D eigenvalue weighted by atomic mass is 10.1. The number of nitrogens with one attached hydrogen (secondary N) is 1. The van der Waals surface area contributed by atoms with Crippen LogP contribution in [0.5, 0.6) is 0 Å². The summed E-state index contributed by atoms with van der Waals surface area (Å²) in [6, 6.07) is 14.2. The fourth-order valence-corrected chi connectivity index (χ4v) is 6.09. The zero-order valence-electron chi connectivity index (χ0n) is 21.7. The number of nitrogen functional groups attached to an aromatic ring is 1. The van der Waals surface area contributed by atoms with Crippen molar-refractivity contribution in [1.29, 1.82) is 0 Å². The fraction of sp³-hybridized carbons (Fsp3) is 0.310. The summed E-state index contributed by atoms with van der Waals surface area (Å²) in [6.45, 7) is 10.4. The summed E-state index contributed by atoms with van der Waals surface area (Å²) in [7, 11) is 0. The third-order valence-electron chi connectivity index (χ3n) is 7.76. The summed E-state index contributed by atoms with van der Waals surface area (Å²) in [4.78, 5) is 31.6. The Morgan fingerprint density at radius 1 is 1.18 bits per heavy atom. The van der Waals surface area contributed by atoms with Crippen LogP contribution in [0.15, 0.2) is 73.7 Å². The second-order valence-electron chi connectivity index (χ2n) is 10.3. The van der Waals surface area contributed by atoms with Crippen LogP contribution in [-0.4, -0.2) is 66.3 Å². The first kappa shape index (κ1) is 24.3. The molecule has 194 valence electrons. The van der Waals surface area contributed by atoms with Gasteiger partial charge in [-0.1, -0.05) is 24.3 Å². The lowest BCUT2D eigenvalue weighted by Crippen LogP contribution is -2.51. The summed E-state index contributed by atoms with van der Waals surface area (Å²) >= 11 is 0. The van der Waals surface area contributed by atoms with Gasteiger partial charge in [0.25, 0.3) is 5.91 Å². The topological polar surface area (TPSA) is 105 Å². The fourth-order valence-electron chi connectivity index (χ4n) is 6.09. The van der Waals surface area contributed by atoms with E-state index in [1.807, 2.05) is 36.5 Å². The molecule has 2 bridgehead atoms. The van der Waals surface area contributed by atoms with Gasteiger partial charge in [0.1, 0.15) is 28.7 Å². The van der Waals surface area contributed by atoms with Gasteiger partial charge < -0.3 is 11.1 Å². The van der Waals surface area contributed by atoms with Crippen molar-refractivity contribution in [3.8, 4) is 11.3 Å². The minimum absolute atomic E-state index is 0.112. The maximum atomic E-state index is 12.7. The van der Waals surface area contributed by atoms with Crippen molar-refractivity contribution >= 4 is 23.1 Å². The second-order valence-corrected chi connectivity index (χ2v) is 10.3. The summed E-state index contributed by atoms with van der Waals surface area (Å²) in [5, 5.41) is 2.82. The third-order valence-corrected chi connectivity index (χ3v) is 7.76. The van der Waals surface area contributed by atoms with E-state index in [4.69, 9.17) is 10.7 Å². The molecule has 6 rings (SSSR count). The van der Waals surface area contributed by atoms with Crippen molar-refractivity contribution in [3.63, 3.8) is 0 Å². The van der Waals surface area contributed by atoms with Crippen molar-refractivity contribution < 1.29 is 4.79 Å². The molecule has 3 atom stereocenters. The van der Waals surface area contributed by atoms with Crippen molar-refractivity contribution in [2.24, 2.45) is 0 Å². The van der Waals surface area contributed by atoms with E-state index in [1.165, 1.54) is 0 Å². The van der Waals surface area contributed by atoms with Gasteiger partial charge in [0.2, 0.25) is 0 Å². The van der Waals surface area contributed by atoms with Crippen molar-refractivity contribution in [1.82, 2.24) is 29.2 Å². The molecule has 2 unspecified atom stereocenters. The highest BCUT2D eigenvalue weighted by Gasteiger charge is 2.52. The van der Waals surface area contributed by atoms with Crippen LogP contribution in [0.4, 0.5) is 11.6 Å². The number of nitrogens with two attached hydrogens (primary N) is 1. The van der Waals surface area contributed by atoms with Gasteiger partial charge in [-0.15, -0.1) is 6.58 Å². The van der Waals surface area contributed by atoms with Gasteiger partial charge in [0.05, 0.1) is 6.04 Å². The highest BCUT2D eigenvalue weighted by molar-refractivity contribution is 6.04. The molecular weight excluding hydrogens is 476 g/mol. The van der Waals surface area contributed by atoms with E-state index in [2.05, 4.69) is 49.9 Å². The first-order valence-corrected chi connectivity index (χ1v) is 13.0. The monoisotopic (exact) mass is 508 g/mol. The molecule has 3 N–H and O–H groups in total. The molecule has 2 fully saturated rings. The number of nitrogens with zero attached hydrogens (tertiary/aromatic N) is 6. The Hall–Kier alpha value is -4.08. The second kappa shape index (κ2) is 9.66. The quantitative estimate of drug-likeness (QED) is 0.363. The number of imidazole rings is 1. The number of benzene rings is 1. The standard InChI is InChI=1S/C29H32N8O/c1-4-14-35-21-16-22(37(17-21)18(2)3)25(35)28-34-24(26-27(30)32-13-15-36(26)28)19-8-10-20(11-9-19)29(38)33-23-7-5-6-12-31-23/h4-13,15,18,21-22,25H,1,14,16-17H2,2-3H3,(H2,30,32)(H,31,33,38)/t21?,22-,25?/m0/s1. The van der Waals surface area contributed by atoms with Crippen LogP contribution in [-0.2, 0) is 0 Å². The van der Waals surface area contributed by atoms with Gasteiger partial charge in [0, 0.05) is 60.9 Å². The number of hydrogen-bond donors (Lipinski definition) is 2. The molecule has 0 aliphatic carbocycles. The Kier molecular flexibility index (Phi) is 6.17.